The van der Waals surface area contributed by atoms with Crippen molar-refractivity contribution in [3.63, 3.8) is 0 Å². The number of carbonyl (C=O) groups is 2. The number of carbonyl (C=O) groups excluding carboxylic acids is 2. The van der Waals surface area contributed by atoms with Gasteiger partial charge in [-0.2, -0.15) is 0 Å². The number of nitrogens with one attached hydrogen (secondary N) is 1. The molecule has 1 saturated heterocycles. The standard InChI is InChI=1S/C10H19N3O2.ClH/c1-12(2)9(14)7-13(3)10(15)8-4-5-11-6-8;/h8,11H,4-7H2,1-3H3;1H/t8-;/m0./s1. The number of rotatable bonds is 3. The molecule has 2 amide bonds. The molecule has 0 aromatic carbocycles. The fraction of sp³-hybridized carbons (Fsp3) is 0.800. The Bertz CT molecular complexity index is 252. The van der Waals surface area contributed by atoms with Gasteiger partial charge in [0.2, 0.25) is 11.8 Å². The quantitative estimate of drug-likeness (QED) is 0.738. The van der Waals surface area contributed by atoms with Gasteiger partial charge in [-0.05, 0) is 13.0 Å². The molecule has 0 radical (unpaired) electrons. The maximum absolute atomic E-state index is 11.8. The van der Waals surface area contributed by atoms with Gasteiger partial charge in [-0.3, -0.25) is 9.59 Å². The highest BCUT2D eigenvalue weighted by atomic mass is 35.5. The van der Waals surface area contributed by atoms with E-state index >= 15 is 0 Å². The summed E-state index contributed by atoms with van der Waals surface area (Å²) in [6.07, 6.45) is 0.874. The zero-order valence-corrected chi connectivity index (χ0v) is 10.8. The molecular formula is C10H20ClN3O2. The Morgan fingerprint density at radius 2 is 1.94 bits per heavy atom. The minimum Gasteiger partial charge on any atom is -0.347 e. The highest BCUT2D eigenvalue weighted by molar-refractivity contribution is 5.86. The van der Waals surface area contributed by atoms with E-state index in [2.05, 4.69) is 5.32 Å². The molecule has 6 heteroatoms. The minimum absolute atomic E-state index is 0. The molecule has 1 rings (SSSR count). The smallest absolute Gasteiger partial charge is 0.241 e. The molecule has 0 bridgehead atoms. The molecule has 0 saturated carbocycles. The molecule has 1 atom stereocenters. The molecule has 1 fully saturated rings. The second-order valence-electron chi connectivity index (χ2n) is 4.17. The number of nitrogens with zero attached hydrogens (tertiary/aromatic N) is 2. The molecule has 0 aliphatic carbocycles. The Balaban J connectivity index is 0.00000225. The Morgan fingerprint density at radius 1 is 1.31 bits per heavy atom. The zero-order valence-electron chi connectivity index (χ0n) is 10.0. The molecular weight excluding hydrogens is 230 g/mol. The molecule has 5 nitrogen and oxygen atoms in total. The molecule has 16 heavy (non-hydrogen) atoms. The van der Waals surface area contributed by atoms with Crippen LogP contribution in [-0.4, -0.2) is 62.4 Å². The Kier molecular flexibility index (Phi) is 6.36. The van der Waals surface area contributed by atoms with E-state index < -0.39 is 0 Å². The lowest BCUT2D eigenvalue weighted by atomic mass is 10.1. The molecule has 1 N–H and O–H groups in total. The highest BCUT2D eigenvalue weighted by Crippen LogP contribution is 2.10. The molecule has 1 aliphatic heterocycles. The lowest BCUT2D eigenvalue weighted by Crippen LogP contribution is -2.41. The van der Waals surface area contributed by atoms with Gasteiger partial charge in [-0.25, -0.2) is 0 Å². The average Bonchev–Trinajstić information content (AvgIpc) is 2.68. The predicted molar refractivity (Wildman–Crippen MR) is 64.6 cm³/mol. The Labute approximate surface area is 103 Å². The maximum atomic E-state index is 11.8. The van der Waals surface area contributed by atoms with Gasteiger partial charge >= 0.3 is 0 Å². The van der Waals surface area contributed by atoms with Gasteiger partial charge in [-0.15, -0.1) is 12.4 Å². The molecule has 0 aromatic rings. The van der Waals surface area contributed by atoms with Crippen LogP contribution in [0, 0.1) is 5.92 Å². The van der Waals surface area contributed by atoms with Crippen LogP contribution in [-0.2, 0) is 9.59 Å². The molecule has 1 aliphatic rings. The largest absolute Gasteiger partial charge is 0.347 e. The van der Waals surface area contributed by atoms with Crippen LogP contribution in [0.1, 0.15) is 6.42 Å². The van der Waals surface area contributed by atoms with E-state index in [1.807, 2.05) is 0 Å². The second kappa shape index (κ2) is 6.70. The summed E-state index contributed by atoms with van der Waals surface area (Å²) in [4.78, 5) is 26.2. The maximum Gasteiger partial charge on any atom is 0.241 e. The summed E-state index contributed by atoms with van der Waals surface area (Å²) >= 11 is 0. The van der Waals surface area contributed by atoms with E-state index in [0.717, 1.165) is 19.5 Å². The average molecular weight is 250 g/mol. The van der Waals surface area contributed by atoms with Gasteiger partial charge < -0.3 is 15.1 Å². The lowest BCUT2D eigenvalue weighted by molar-refractivity contribution is -0.140. The molecule has 1 heterocycles. The summed E-state index contributed by atoms with van der Waals surface area (Å²) in [6.45, 7) is 1.80. The van der Waals surface area contributed by atoms with Gasteiger partial charge in [0.1, 0.15) is 0 Å². The van der Waals surface area contributed by atoms with Crippen molar-refractivity contribution in [2.45, 2.75) is 6.42 Å². The van der Waals surface area contributed by atoms with Crippen molar-refractivity contribution in [3.8, 4) is 0 Å². The number of hydrogen-bond acceptors (Lipinski definition) is 3. The van der Waals surface area contributed by atoms with Crippen molar-refractivity contribution in [3.05, 3.63) is 0 Å². The molecule has 0 aromatic heterocycles. The van der Waals surface area contributed by atoms with E-state index in [1.54, 1.807) is 21.1 Å². The van der Waals surface area contributed by atoms with Gasteiger partial charge in [0.05, 0.1) is 12.5 Å². The highest BCUT2D eigenvalue weighted by Gasteiger charge is 2.26. The summed E-state index contributed by atoms with van der Waals surface area (Å²) in [5.41, 5.74) is 0. The van der Waals surface area contributed by atoms with Crippen LogP contribution < -0.4 is 5.32 Å². The van der Waals surface area contributed by atoms with Crippen LogP contribution in [0.3, 0.4) is 0 Å². The molecule has 94 valence electrons. The molecule has 0 unspecified atom stereocenters. The third kappa shape index (κ3) is 3.98. The Morgan fingerprint density at radius 3 is 2.38 bits per heavy atom. The van der Waals surface area contributed by atoms with Gasteiger partial charge in [0, 0.05) is 27.7 Å². The number of halogens is 1. The van der Waals surface area contributed by atoms with E-state index in [0.29, 0.717) is 0 Å². The first-order valence-corrected chi connectivity index (χ1v) is 5.18. The van der Waals surface area contributed by atoms with Crippen LogP contribution in [0.2, 0.25) is 0 Å². The minimum atomic E-state index is -0.0446. The fourth-order valence-electron chi connectivity index (χ4n) is 1.60. The van der Waals surface area contributed by atoms with Crippen LogP contribution in [0.25, 0.3) is 0 Å². The van der Waals surface area contributed by atoms with Crippen LogP contribution in [0.15, 0.2) is 0 Å². The first-order valence-electron chi connectivity index (χ1n) is 5.18. The summed E-state index contributed by atoms with van der Waals surface area (Å²) in [5, 5.41) is 3.14. The SMILES string of the molecule is CN(C)C(=O)CN(C)C(=O)[C@H]1CCNC1.Cl. The number of likely N-dealkylation sites (N-methyl/N-ethyl adjacent to an activating group) is 2. The summed E-state index contributed by atoms with van der Waals surface area (Å²) in [5.74, 6) is 0.0666. The summed E-state index contributed by atoms with van der Waals surface area (Å²) in [7, 11) is 5.07. The molecule has 0 spiro atoms. The number of amides is 2. The van der Waals surface area contributed by atoms with E-state index in [9.17, 15) is 9.59 Å². The van der Waals surface area contributed by atoms with Crippen molar-refractivity contribution in [2.24, 2.45) is 5.92 Å². The zero-order chi connectivity index (χ0) is 11.4. The van der Waals surface area contributed by atoms with Crippen LogP contribution in [0.4, 0.5) is 0 Å². The monoisotopic (exact) mass is 249 g/mol. The summed E-state index contributed by atoms with van der Waals surface area (Å²) < 4.78 is 0. The van der Waals surface area contributed by atoms with Gasteiger partial charge in [0.25, 0.3) is 0 Å². The van der Waals surface area contributed by atoms with Crippen molar-refractivity contribution in [1.29, 1.82) is 0 Å². The first-order chi connectivity index (χ1) is 7.02. The fourth-order valence-corrected chi connectivity index (χ4v) is 1.60. The van der Waals surface area contributed by atoms with Crippen LogP contribution in [0.5, 0.6) is 0 Å². The van der Waals surface area contributed by atoms with E-state index in [1.165, 1.54) is 9.80 Å². The topological polar surface area (TPSA) is 52.7 Å². The lowest BCUT2D eigenvalue weighted by Gasteiger charge is -2.21. The van der Waals surface area contributed by atoms with Crippen molar-refractivity contribution in [2.75, 3.05) is 40.8 Å². The number of hydrogen-bond donors (Lipinski definition) is 1. The summed E-state index contributed by atoms with van der Waals surface area (Å²) in [6, 6.07) is 0. The third-order valence-electron chi connectivity index (χ3n) is 2.66. The van der Waals surface area contributed by atoms with Crippen molar-refractivity contribution in [1.82, 2.24) is 15.1 Å². The third-order valence-corrected chi connectivity index (χ3v) is 2.66. The van der Waals surface area contributed by atoms with Crippen molar-refractivity contribution < 1.29 is 9.59 Å². The first kappa shape index (κ1) is 15.2. The van der Waals surface area contributed by atoms with Gasteiger partial charge in [0.15, 0.2) is 0 Å². The van der Waals surface area contributed by atoms with E-state index in [-0.39, 0.29) is 36.7 Å². The Hall–Kier alpha value is -0.810. The second-order valence-corrected chi connectivity index (χ2v) is 4.17. The van der Waals surface area contributed by atoms with Crippen molar-refractivity contribution >= 4 is 24.2 Å². The van der Waals surface area contributed by atoms with Gasteiger partial charge in [-0.1, -0.05) is 0 Å². The normalized spacial score (nSPS) is 18.8. The van der Waals surface area contributed by atoms with E-state index in [4.69, 9.17) is 0 Å². The predicted octanol–water partition coefficient (Wildman–Crippen LogP) is -0.436. The van der Waals surface area contributed by atoms with Crippen LogP contribution >= 0.6 is 12.4 Å².